The Labute approximate surface area is 132 Å². The van der Waals surface area contributed by atoms with Gasteiger partial charge in [0.2, 0.25) is 0 Å². The van der Waals surface area contributed by atoms with Crippen molar-refractivity contribution in [2.24, 2.45) is 0 Å². The maximum absolute atomic E-state index is 11.8. The zero-order chi connectivity index (χ0) is 16.2. The minimum atomic E-state index is -0.539. The number of anilines is 1. The Kier molecular flexibility index (Phi) is 4.10. The number of amides is 1. The van der Waals surface area contributed by atoms with E-state index in [0.717, 1.165) is 10.9 Å². The number of hydrogen-bond donors (Lipinski definition) is 2. The molecule has 1 amide bonds. The Hall–Kier alpha value is -3.08. The summed E-state index contributed by atoms with van der Waals surface area (Å²) in [6.45, 7) is 1.96. The summed E-state index contributed by atoms with van der Waals surface area (Å²) in [7, 11) is 0. The predicted molar refractivity (Wildman–Crippen MR) is 89.6 cm³/mol. The molecule has 0 spiro atoms. The van der Waals surface area contributed by atoms with E-state index in [1.807, 2.05) is 42.5 Å². The number of aromatic nitrogens is 1. The number of nitrogens with one attached hydrogen (secondary N) is 2. The van der Waals surface area contributed by atoms with E-state index in [0.29, 0.717) is 16.8 Å². The van der Waals surface area contributed by atoms with Crippen LogP contribution in [0.1, 0.15) is 11.1 Å². The van der Waals surface area contributed by atoms with Crippen LogP contribution >= 0.6 is 0 Å². The van der Waals surface area contributed by atoms with E-state index in [9.17, 15) is 9.59 Å². The molecule has 1 aromatic heterocycles. The van der Waals surface area contributed by atoms with Crippen molar-refractivity contribution in [1.82, 2.24) is 4.98 Å². The number of hydrogen-bond acceptors (Lipinski definition) is 3. The summed E-state index contributed by atoms with van der Waals surface area (Å²) in [4.78, 5) is 26.3. The molecule has 0 radical (unpaired) electrons. The van der Waals surface area contributed by atoms with Gasteiger partial charge in [-0.1, -0.05) is 36.4 Å². The van der Waals surface area contributed by atoms with Crippen molar-refractivity contribution in [3.8, 4) is 0 Å². The molecule has 116 valence electrons. The summed E-state index contributed by atoms with van der Waals surface area (Å²) < 4.78 is 5.16. The molecule has 0 atom stereocenters. The number of aryl methyl sites for hydroxylation is 1. The van der Waals surface area contributed by atoms with Crippen molar-refractivity contribution in [1.29, 1.82) is 0 Å². The number of carbonyl (C=O) groups is 1. The third-order valence-corrected chi connectivity index (χ3v) is 3.49. The fourth-order valence-electron chi connectivity index (χ4n) is 2.26. The number of rotatable bonds is 3. The maximum atomic E-state index is 11.8. The highest BCUT2D eigenvalue weighted by Crippen LogP contribution is 2.17. The molecule has 0 aliphatic rings. The van der Waals surface area contributed by atoms with Gasteiger partial charge in [0.05, 0.1) is 5.52 Å². The number of benzene rings is 2. The van der Waals surface area contributed by atoms with Crippen molar-refractivity contribution in [2.75, 3.05) is 5.32 Å². The summed E-state index contributed by atoms with van der Waals surface area (Å²) >= 11 is 0. The molecule has 0 bridgehead atoms. The van der Waals surface area contributed by atoms with Crippen LogP contribution in [0.4, 0.5) is 10.5 Å². The quantitative estimate of drug-likeness (QED) is 0.777. The van der Waals surface area contributed by atoms with E-state index in [2.05, 4.69) is 10.3 Å². The van der Waals surface area contributed by atoms with Crippen molar-refractivity contribution in [3.05, 3.63) is 76.1 Å². The molecule has 0 fully saturated rings. The minimum Gasteiger partial charge on any atom is -0.444 e. The molecule has 2 aromatic carbocycles. The van der Waals surface area contributed by atoms with Gasteiger partial charge in [0.25, 0.3) is 5.56 Å². The summed E-state index contributed by atoms with van der Waals surface area (Å²) in [6.07, 6.45) is -0.539. The Bertz CT molecular complexity index is 901. The third-order valence-electron chi connectivity index (χ3n) is 3.49. The van der Waals surface area contributed by atoms with Gasteiger partial charge in [-0.2, -0.15) is 0 Å². The lowest BCUT2D eigenvalue weighted by atomic mass is 10.1. The van der Waals surface area contributed by atoms with Crippen LogP contribution in [0, 0.1) is 6.92 Å². The van der Waals surface area contributed by atoms with Gasteiger partial charge in [-0.3, -0.25) is 10.1 Å². The second-order valence-electron chi connectivity index (χ2n) is 5.27. The molecule has 3 aromatic rings. The third kappa shape index (κ3) is 3.58. The highest BCUT2D eigenvalue weighted by molar-refractivity contribution is 5.89. The molecule has 0 saturated heterocycles. The number of aromatic amines is 1. The van der Waals surface area contributed by atoms with E-state index in [-0.39, 0.29) is 12.2 Å². The van der Waals surface area contributed by atoms with Crippen LogP contribution < -0.4 is 10.9 Å². The number of pyridine rings is 1. The van der Waals surface area contributed by atoms with Gasteiger partial charge in [-0.15, -0.1) is 0 Å². The lowest BCUT2D eigenvalue weighted by Gasteiger charge is -2.08. The maximum Gasteiger partial charge on any atom is 0.411 e. The smallest absolute Gasteiger partial charge is 0.411 e. The normalized spacial score (nSPS) is 10.5. The van der Waals surface area contributed by atoms with Crippen molar-refractivity contribution in [3.63, 3.8) is 0 Å². The fourth-order valence-corrected chi connectivity index (χ4v) is 2.26. The molecule has 0 unspecified atom stereocenters. The van der Waals surface area contributed by atoms with E-state index >= 15 is 0 Å². The van der Waals surface area contributed by atoms with Gasteiger partial charge in [0.1, 0.15) is 6.61 Å². The molecule has 5 heteroatoms. The summed E-state index contributed by atoms with van der Waals surface area (Å²) in [5.41, 5.74) is 2.67. The lowest BCUT2D eigenvalue weighted by Crippen LogP contribution is -2.14. The first-order chi connectivity index (χ1) is 11.1. The molecule has 0 aliphatic carbocycles. The standard InChI is InChI=1S/C18H16N2O3/c1-12-9-14-7-8-15(10-16(14)20-17(12)21)19-18(22)23-11-13-5-3-2-4-6-13/h2-10H,11H2,1H3,(H,19,22)(H,20,21). The lowest BCUT2D eigenvalue weighted by molar-refractivity contribution is 0.155. The van der Waals surface area contributed by atoms with Gasteiger partial charge in [-0.05, 0) is 36.1 Å². The van der Waals surface area contributed by atoms with E-state index in [1.165, 1.54) is 0 Å². The molecular weight excluding hydrogens is 292 g/mol. The van der Waals surface area contributed by atoms with Crippen molar-refractivity contribution >= 4 is 22.7 Å². The molecule has 1 heterocycles. The monoisotopic (exact) mass is 308 g/mol. The Morgan fingerprint density at radius 3 is 2.70 bits per heavy atom. The summed E-state index contributed by atoms with van der Waals surface area (Å²) in [5, 5.41) is 3.56. The van der Waals surface area contributed by atoms with Crippen molar-refractivity contribution in [2.45, 2.75) is 13.5 Å². The topological polar surface area (TPSA) is 71.2 Å². The molecule has 0 saturated carbocycles. The largest absolute Gasteiger partial charge is 0.444 e. The van der Waals surface area contributed by atoms with Gasteiger partial charge < -0.3 is 9.72 Å². The number of carbonyl (C=O) groups excluding carboxylic acids is 1. The first kappa shape index (κ1) is 14.8. The van der Waals surface area contributed by atoms with Gasteiger partial charge >= 0.3 is 6.09 Å². The molecule has 0 aliphatic heterocycles. The number of fused-ring (bicyclic) bond motifs is 1. The van der Waals surface area contributed by atoms with Gasteiger partial charge in [0.15, 0.2) is 0 Å². The van der Waals surface area contributed by atoms with Crippen LogP contribution in [0.15, 0.2) is 59.4 Å². The first-order valence-corrected chi connectivity index (χ1v) is 7.23. The average molecular weight is 308 g/mol. The molecule has 23 heavy (non-hydrogen) atoms. The number of H-pyrrole nitrogens is 1. The van der Waals surface area contributed by atoms with Gasteiger partial charge in [-0.25, -0.2) is 4.79 Å². The highest BCUT2D eigenvalue weighted by Gasteiger charge is 2.05. The predicted octanol–water partition coefficient (Wildman–Crippen LogP) is 3.59. The molecule has 2 N–H and O–H groups in total. The van der Waals surface area contributed by atoms with E-state index in [4.69, 9.17) is 4.74 Å². The second kappa shape index (κ2) is 6.36. The van der Waals surface area contributed by atoms with Crippen LogP contribution in [0.5, 0.6) is 0 Å². The zero-order valence-corrected chi connectivity index (χ0v) is 12.6. The van der Waals surface area contributed by atoms with Crippen LogP contribution in [0.25, 0.3) is 10.9 Å². The zero-order valence-electron chi connectivity index (χ0n) is 12.6. The molecule has 3 rings (SSSR count). The average Bonchev–Trinajstić information content (AvgIpc) is 2.55. The first-order valence-electron chi connectivity index (χ1n) is 7.23. The summed E-state index contributed by atoms with van der Waals surface area (Å²) in [6, 6.07) is 16.6. The van der Waals surface area contributed by atoms with Crippen LogP contribution in [0.2, 0.25) is 0 Å². The fraction of sp³-hybridized carbons (Fsp3) is 0.111. The number of ether oxygens (including phenoxy) is 1. The van der Waals surface area contributed by atoms with Crippen LogP contribution in [-0.4, -0.2) is 11.1 Å². The Morgan fingerprint density at radius 2 is 1.91 bits per heavy atom. The van der Waals surface area contributed by atoms with Crippen LogP contribution in [0.3, 0.4) is 0 Å². The Morgan fingerprint density at radius 1 is 1.13 bits per heavy atom. The van der Waals surface area contributed by atoms with Gasteiger partial charge in [0, 0.05) is 11.3 Å². The van der Waals surface area contributed by atoms with Crippen molar-refractivity contribution < 1.29 is 9.53 Å². The molecular formula is C18H16N2O3. The van der Waals surface area contributed by atoms with Crippen LogP contribution in [-0.2, 0) is 11.3 Å². The van der Waals surface area contributed by atoms with E-state index in [1.54, 1.807) is 19.1 Å². The van der Waals surface area contributed by atoms with E-state index < -0.39 is 6.09 Å². The highest BCUT2D eigenvalue weighted by atomic mass is 16.5. The molecule has 5 nitrogen and oxygen atoms in total. The second-order valence-corrected chi connectivity index (χ2v) is 5.27. The summed E-state index contributed by atoms with van der Waals surface area (Å²) in [5.74, 6) is 0. The minimum absolute atomic E-state index is 0.138. The SMILES string of the molecule is Cc1cc2ccc(NC(=O)OCc3ccccc3)cc2[nH]c1=O. The Balaban J connectivity index is 1.70.